The van der Waals surface area contributed by atoms with Crippen molar-refractivity contribution >= 4 is 0 Å². The van der Waals surface area contributed by atoms with Crippen LogP contribution in [0.2, 0.25) is 0 Å². The zero-order valence-electron chi connectivity index (χ0n) is 10.3. The highest BCUT2D eigenvalue weighted by atomic mass is 19.2. The molecule has 19 heavy (non-hydrogen) atoms. The topological polar surface area (TPSA) is 20.2 Å². The first-order chi connectivity index (χ1) is 8.99. The van der Waals surface area contributed by atoms with Crippen molar-refractivity contribution in [2.24, 2.45) is 0 Å². The standard InChI is InChI=1S/C15H13F3O/c1-9-5-6-12(16)11(7-9)14(19)8-10-3-2-4-13(17)15(10)18/h2-7,14,19H,8H2,1H3. The third kappa shape index (κ3) is 2.96. The van der Waals surface area contributed by atoms with E-state index in [1.54, 1.807) is 13.0 Å². The van der Waals surface area contributed by atoms with Crippen LogP contribution in [-0.2, 0) is 6.42 Å². The maximum Gasteiger partial charge on any atom is 0.162 e. The number of aliphatic hydroxyl groups excluding tert-OH is 1. The zero-order chi connectivity index (χ0) is 14.0. The predicted octanol–water partition coefficient (Wildman–Crippen LogP) is 3.69. The largest absolute Gasteiger partial charge is 0.388 e. The molecular formula is C15H13F3O. The van der Waals surface area contributed by atoms with E-state index in [9.17, 15) is 18.3 Å². The van der Waals surface area contributed by atoms with Crippen LogP contribution in [-0.4, -0.2) is 5.11 Å². The SMILES string of the molecule is Cc1ccc(F)c(C(O)Cc2cccc(F)c2F)c1. The van der Waals surface area contributed by atoms with E-state index in [1.807, 2.05) is 0 Å². The number of hydrogen-bond donors (Lipinski definition) is 1. The van der Waals surface area contributed by atoms with Crippen LogP contribution in [0.4, 0.5) is 13.2 Å². The summed E-state index contributed by atoms with van der Waals surface area (Å²) in [7, 11) is 0. The molecule has 2 aromatic rings. The van der Waals surface area contributed by atoms with Crippen molar-refractivity contribution in [1.29, 1.82) is 0 Å². The van der Waals surface area contributed by atoms with Gasteiger partial charge in [0.05, 0.1) is 6.10 Å². The van der Waals surface area contributed by atoms with Gasteiger partial charge in [-0.25, -0.2) is 13.2 Å². The molecule has 2 rings (SSSR count). The second-order valence-corrected chi connectivity index (χ2v) is 4.46. The lowest BCUT2D eigenvalue weighted by atomic mass is 9.99. The predicted molar refractivity (Wildman–Crippen MR) is 66.2 cm³/mol. The normalized spacial score (nSPS) is 12.5. The highest BCUT2D eigenvalue weighted by molar-refractivity contribution is 5.28. The molecule has 0 aromatic heterocycles. The highest BCUT2D eigenvalue weighted by Gasteiger charge is 2.17. The molecular weight excluding hydrogens is 253 g/mol. The van der Waals surface area contributed by atoms with Crippen molar-refractivity contribution in [2.45, 2.75) is 19.4 Å². The molecule has 0 amide bonds. The van der Waals surface area contributed by atoms with Gasteiger partial charge in [0.25, 0.3) is 0 Å². The summed E-state index contributed by atoms with van der Waals surface area (Å²) in [6, 6.07) is 8.04. The Morgan fingerprint density at radius 1 is 1.05 bits per heavy atom. The fraction of sp³-hybridized carbons (Fsp3) is 0.200. The average molecular weight is 266 g/mol. The molecule has 0 aliphatic rings. The molecule has 0 saturated heterocycles. The first-order valence-corrected chi connectivity index (χ1v) is 5.86. The molecule has 0 fully saturated rings. The Hall–Kier alpha value is -1.81. The van der Waals surface area contributed by atoms with Crippen LogP contribution < -0.4 is 0 Å². The van der Waals surface area contributed by atoms with Crippen LogP contribution in [0.5, 0.6) is 0 Å². The maximum atomic E-state index is 13.6. The summed E-state index contributed by atoms with van der Waals surface area (Å²) in [5.74, 6) is -2.54. The lowest BCUT2D eigenvalue weighted by molar-refractivity contribution is 0.172. The van der Waals surface area contributed by atoms with E-state index >= 15 is 0 Å². The van der Waals surface area contributed by atoms with E-state index in [4.69, 9.17) is 0 Å². The van der Waals surface area contributed by atoms with Gasteiger partial charge in [-0.15, -0.1) is 0 Å². The summed E-state index contributed by atoms with van der Waals surface area (Å²) in [5.41, 5.74) is 0.896. The number of hydrogen-bond acceptors (Lipinski definition) is 1. The summed E-state index contributed by atoms with van der Waals surface area (Å²) in [5, 5.41) is 9.97. The van der Waals surface area contributed by atoms with Crippen molar-refractivity contribution in [2.75, 3.05) is 0 Å². The van der Waals surface area contributed by atoms with Crippen molar-refractivity contribution < 1.29 is 18.3 Å². The third-order valence-corrected chi connectivity index (χ3v) is 2.96. The second-order valence-electron chi connectivity index (χ2n) is 4.46. The van der Waals surface area contributed by atoms with Gasteiger partial charge >= 0.3 is 0 Å². The molecule has 0 aliphatic carbocycles. The van der Waals surface area contributed by atoms with E-state index in [0.717, 1.165) is 11.6 Å². The average Bonchev–Trinajstić information content (AvgIpc) is 2.38. The van der Waals surface area contributed by atoms with Crippen molar-refractivity contribution in [1.82, 2.24) is 0 Å². The van der Waals surface area contributed by atoms with Gasteiger partial charge < -0.3 is 5.11 Å². The molecule has 2 aromatic carbocycles. The van der Waals surface area contributed by atoms with Crippen LogP contribution >= 0.6 is 0 Å². The summed E-state index contributed by atoms with van der Waals surface area (Å²) < 4.78 is 40.1. The van der Waals surface area contributed by atoms with Crippen LogP contribution in [0.3, 0.4) is 0 Å². The molecule has 100 valence electrons. The molecule has 0 radical (unpaired) electrons. The summed E-state index contributed by atoms with van der Waals surface area (Å²) in [6.07, 6.45) is -1.39. The van der Waals surface area contributed by atoms with Gasteiger partial charge in [0.15, 0.2) is 11.6 Å². The lowest BCUT2D eigenvalue weighted by Crippen LogP contribution is -2.07. The minimum absolute atomic E-state index is 0.0217. The van der Waals surface area contributed by atoms with Crippen LogP contribution in [0.25, 0.3) is 0 Å². The van der Waals surface area contributed by atoms with E-state index in [-0.39, 0.29) is 17.5 Å². The smallest absolute Gasteiger partial charge is 0.162 e. The van der Waals surface area contributed by atoms with Gasteiger partial charge in [0.2, 0.25) is 0 Å². The number of aliphatic hydroxyl groups is 1. The van der Waals surface area contributed by atoms with E-state index in [1.165, 1.54) is 24.3 Å². The molecule has 0 aliphatic heterocycles. The highest BCUT2D eigenvalue weighted by Crippen LogP contribution is 2.24. The summed E-state index contributed by atoms with van der Waals surface area (Å²) in [6.45, 7) is 1.76. The number of benzene rings is 2. The van der Waals surface area contributed by atoms with Gasteiger partial charge in [0.1, 0.15) is 5.82 Å². The Kier molecular flexibility index (Phi) is 3.90. The van der Waals surface area contributed by atoms with Crippen molar-refractivity contribution in [3.63, 3.8) is 0 Å². The molecule has 0 bridgehead atoms. The molecule has 4 heteroatoms. The van der Waals surface area contributed by atoms with Crippen LogP contribution in [0.15, 0.2) is 36.4 Å². The Morgan fingerprint density at radius 2 is 1.79 bits per heavy atom. The molecule has 0 heterocycles. The van der Waals surface area contributed by atoms with E-state index in [2.05, 4.69) is 0 Å². The fourth-order valence-corrected chi connectivity index (χ4v) is 1.94. The van der Waals surface area contributed by atoms with E-state index in [0.29, 0.717) is 0 Å². The number of halogens is 3. The molecule has 1 unspecified atom stereocenters. The van der Waals surface area contributed by atoms with Gasteiger partial charge in [-0.05, 0) is 24.6 Å². The Labute approximate surface area is 109 Å². The van der Waals surface area contributed by atoms with Crippen LogP contribution in [0, 0.1) is 24.4 Å². The Balaban J connectivity index is 2.28. The molecule has 0 saturated carbocycles. The van der Waals surface area contributed by atoms with Gasteiger partial charge in [-0.2, -0.15) is 0 Å². The lowest BCUT2D eigenvalue weighted by Gasteiger charge is -2.13. The Morgan fingerprint density at radius 3 is 2.53 bits per heavy atom. The monoisotopic (exact) mass is 266 g/mol. The molecule has 0 spiro atoms. The third-order valence-electron chi connectivity index (χ3n) is 2.96. The minimum Gasteiger partial charge on any atom is -0.388 e. The van der Waals surface area contributed by atoms with Crippen molar-refractivity contribution in [3.05, 3.63) is 70.5 Å². The van der Waals surface area contributed by atoms with Crippen molar-refractivity contribution in [3.8, 4) is 0 Å². The molecule has 1 N–H and O–H groups in total. The summed E-state index contributed by atoms with van der Waals surface area (Å²) in [4.78, 5) is 0. The fourth-order valence-electron chi connectivity index (χ4n) is 1.94. The maximum absolute atomic E-state index is 13.6. The number of rotatable bonds is 3. The van der Waals surface area contributed by atoms with Crippen LogP contribution in [0.1, 0.15) is 22.8 Å². The molecule has 1 atom stereocenters. The minimum atomic E-state index is -1.21. The molecule has 1 nitrogen and oxygen atoms in total. The first-order valence-electron chi connectivity index (χ1n) is 5.86. The summed E-state index contributed by atoms with van der Waals surface area (Å²) >= 11 is 0. The zero-order valence-corrected chi connectivity index (χ0v) is 10.3. The van der Waals surface area contributed by atoms with E-state index < -0.39 is 23.6 Å². The Bertz CT molecular complexity index is 596. The first kappa shape index (κ1) is 13.6. The van der Waals surface area contributed by atoms with Gasteiger partial charge in [0, 0.05) is 12.0 Å². The van der Waals surface area contributed by atoms with Gasteiger partial charge in [-0.1, -0.05) is 29.8 Å². The second kappa shape index (κ2) is 5.45. The number of aryl methyl sites for hydroxylation is 1. The quantitative estimate of drug-likeness (QED) is 0.898. The van der Waals surface area contributed by atoms with Gasteiger partial charge in [-0.3, -0.25) is 0 Å².